The molecule has 1 amide bonds. The van der Waals surface area contributed by atoms with Crippen LogP contribution in [0.25, 0.3) is 0 Å². The van der Waals surface area contributed by atoms with Crippen LogP contribution < -0.4 is 10.1 Å². The van der Waals surface area contributed by atoms with Crippen molar-refractivity contribution in [3.8, 4) is 5.75 Å². The number of carbonyl (C=O) groups excluding carboxylic acids is 1. The lowest BCUT2D eigenvalue weighted by Crippen LogP contribution is -2.14. The molecule has 0 saturated carbocycles. The van der Waals surface area contributed by atoms with Crippen LogP contribution in [-0.4, -0.2) is 32.0 Å². The molecule has 0 fully saturated rings. The Morgan fingerprint density at radius 3 is 2.96 bits per heavy atom. The van der Waals surface area contributed by atoms with Crippen molar-refractivity contribution in [3.05, 3.63) is 46.4 Å². The van der Waals surface area contributed by atoms with Gasteiger partial charge in [0.15, 0.2) is 11.6 Å². The number of halogens is 1. The van der Waals surface area contributed by atoms with Gasteiger partial charge in [-0.1, -0.05) is 28.5 Å². The number of nitrogens with one attached hydrogen (secondary N) is 2. The van der Waals surface area contributed by atoms with E-state index in [0.717, 1.165) is 5.56 Å². The minimum atomic E-state index is -0.220. The summed E-state index contributed by atoms with van der Waals surface area (Å²) in [5.74, 6) is 2.20. The Labute approximate surface area is 158 Å². The summed E-state index contributed by atoms with van der Waals surface area (Å²) >= 11 is 7.19. The number of amides is 1. The molecule has 3 aromatic rings. The van der Waals surface area contributed by atoms with E-state index in [2.05, 4.69) is 25.7 Å². The summed E-state index contributed by atoms with van der Waals surface area (Å²) in [7, 11) is 0. The van der Waals surface area contributed by atoms with Crippen molar-refractivity contribution in [1.82, 2.24) is 20.3 Å². The molecule has 0 radical (unpaired) electrons. The Kier molecular flexibility index (Phi) is 5.79. The van der Waals surface area contributed by atoms with Crippen LogP contribution in [0.3, 0.4) is 0 Å². The third-order valence-electron chi connectivity index (χ3n) is 3.24. The Balaban J connectivity index is 1.46. The summed E-state index contributed by atoms with van der Waals surface area (Å²) in [4.78, 5) is 16.1. The summed E-state index contributed by atoms with van der Waals surface area (Å²) in [5.41, 5.74) is 0.936. The number of aromatic amines is 1. The third kappa shape index (κ3) is 4.99. The van der Waals surface area contributed by atoms with E-state index >= 15 is 0 Å². The number of benzene rings is 1. The van der Waals surface area contributed by atoms with Gasteiger partial charge in [-0.25, -0.2) is 4.98 Å². The summed E-state index contributed by atoms with van der Waals surface area (Å²) in [6.45, 7) is 3.89. The number of thioether (sulfide) groups is 1. The van der Waals surface area contributed by atoms with Crippen molar-refractivity contribution >= 4 is 35.1 Å². The molecule has 26 heavy (non-hydrogen) atoms. The van der Waals surface area contributed by atoms with Gasteiger partial charge in [-0.15, -0.1) is 5.10 Å². The average molecular weight is 394 g/mol. The van der Waals surface area contributed by atoms with Crippen LogP contribution in [0.1, 0.15) is 17.1 Å². The second-order valence-electron chi connectivity index (χ2n) is 5.42. The van der Waals surface area contributed by atoms with Crippen molar-refractivity contribution in [3.63, 3.8) is 0 Å². The SMILES string of the molecule is Cc1cc(NC(=O)CSc2n[nH]c(COc3ccc(Cl)c(C)c3)n2)no1. The van der Waals surface area contributed by atoms with Gasteiger partial charge in [0.2, 0.25) is 11.1 Å². The zero-order valence-electron chi connectivity index (χ0n) is 14.1. The zero-order valence-corrected chi connectivity index (χ0v) is 15.6. The number of hydrogen-bond donors (Lipinski definition) is 2. The standard InChI is InChI=1S/C16H16ClN5O3S/c1-9-5-11(3-4-12(9)17)24-7-14-19-16(21-20-14)26-8-15(23)18-13-6-10(2)25-22-13/h3-6H,7-8H2,1-2H3,(H,18,22,23)(H,19,20,21). The summed E-state index contributed by atoms with van der Waals surface area (Å²) in [5, 5.41) is 14.3. The van der Waals surface area contributed by atoms with Crippen LogP contribution in [0, 0.1) is 13.8 Å². The highest BCUT2D eigenvalue weighted by Gasteiger charge is 2.10. The van der Waals surface area contributed by atoms with E-state index in [-0.39, 0.29) is 18.3 Å². The largest absolute Gasteiger partial charge is 0.486 e. The fraction of sp³-hybridized carbons (Fsp3) is 0.250. The van der Waals surface area contributed by atoms with Crippen LogP contribution in [-0.2, 0) is 11.4 Å². The fourth-order valence-electron chi connectivity index (χ4n) is 2.00. The molecule has 1 aromatic carbocycles. The summed E-state index contributed by atoms with van der Waals surface area (Å²) in [6.07, 6.45) is 0. The van der Waals surface area contributed by atoms with Crippen LogP contribution in [0.4, 0.5) is 5.82 Å². The van der Waals surface area contributed by atoms with Crippen molar-refractivity contribution in [2.75, 3.05) is 11.1 Å². The number of aromatic nitrogens is 4. The molecule has 8 nitrogen and oxygen atoms in total. The summed E-state index contributed by atoms with van der Waals surface area (Å²) in [6, 6.07) is 7.06. The number of carbonyl (C=O) groups is 1. The second-order valence-corrected chi connectivity index (χ2v) is 6.77. The highest BCUT2D eigenvalue weighted by molar-refractivity contribution is 7.99. The quantitative estimate of drug-likeness (QED) is 0.592. The molecule has 10 heteroatoms. The Morgan fingerprint density at radius 1 is 1.38 bits per heavy atom. The maximum Gasteiger partial charge on any atom is 0.236 e. The number of nitrogens with zero attached hydrogens (tertiary/aromatic N) is 3. The summed E-state index contributed by atoms with van der Waals surface area (Å²) < 4.78 is 10.5. The maximum atomic E-state index is 11.9. The zero-order chi connectivity index (χ0) is 18.5. The van der Waals surface area contributed by atoms with Crippen molar-refractivity contribution < 1.29 is 14.1 Å². The minimum Gasteiger partial charge on any atom is -0.486 e. The molecule has 0 saturated heterocycles. The molecule has 0 unspecified atom stereocenters. The Hall–Kier alpha value is -2.52. The van der Waals surface area contributed by atoms with Crippen molar-refractivity contribution in [1.29, 1.82) is 0 Å². The van der Waals surface area contributed by atoms with Gasteiger partial charge in [0.25, 0.3) is 0 Å². The van der Waals surface area contributed by atoms with E-state index in [9.17, 15) is 4.79 Å². The smallest absolute Gasteiger partial charge is 0.236 e. The van der Waals surface area contributed by atoms with Gasteiger partial charge in [0.1, 0.15) is 18.1 Å². The molecule has 2 heterocycles. The van der Waals surface area contributed by atoms with Gasteiger partial charge < -0.3 is 14.6 Å². The lowest BCUT2D eigenvalue weighted by Gasteiger charge is -2.05. The lowest BCUT2D eigenvalue weighted by molar-refractivity contribution is -0.113. The first kappa shape index (κ1) is 18.3. The molecule has 2 N–H and O–H groups in total. The molecule has 0 aliphatic heterocycles. The van der Waals surface area contributed by atoms with E-state index in [4.69, 9.17) is 20.9 Å². The molecule has 2 aromatic heterocycles. The van der Waals surface area contributed by atoms with Crippen LogP contribution in [0.2, 0.25) is 5.02 Å². The first-order chi connectivity index (χ1) is 12.5. The van der Waals surface area contributed by atoms with Crippen LogP contribution >= 0.6 is 23.4 Å². The first-order valence-electron chi connectivity index (χ1n) is 7.66. The first-order valence-corrected chi connectivity index (χ1v) is 9.02. The molecule has 0 atom stereocenters. The van der Waals surface area contributed by atoms with Crippen LogP contribution in [0.5, 0.6) is 5.75 Å². The molecule has 0 bridgehead atoms. The van der Waals surface area contributed by atoms with Gasteiger partial charge in [0.05, 0.1) is 5.75 Å². The highest BCUT2D eigenvalue weighted by Crippen LogP contribution is 2.22. The number of aryl methyl sites for hydroxylation is 2. The van der Waals surface area contributed by atoms with Gasteiger partial charge in [-0.3, -0.25) is 9.89 Å². The fourth-order valence-corrected chi connectivity index (χ4v) is 2.73. The number of anilines is 1. The molecule has 0 aliphatic rings. The molecule has 0 spiro atoms. The van der Waals surface area contributed by atoms with Gasteiger partial charge in [-0.2, -0.15) is 0 Å². The van der Waals surface area contributed by atoms with E-state index in [1.54, 1.807) is 25.1 Å². The van der Waals surface area contributed by atoms with Gasteiger partial charge in [-0.05, 0) is 37.6 Å². The van der Waals surface area contributed by atoms with Gasteiger partial charge in [0, 0.05) is 11.1 Å². The predicted molar refractivity (Wildman–Crippen MR) is 97.5 cm³/mol. The maximum absolute atomic E-state index is 11.9. The van der Waals surface area contributed by atoms with E-state index in [1.165, 1.54) is 11.8 Å². The highest BCUT2D eigenvalue weighted by atomic mass is 35.5. The minimum absolute atomic E-state index is 0.153. The third-order valence-corrected chi connectivity index (χ3v) is 4.52. The average Bonchev–Trinajstić information content (AvgIpc) is 3.23. The Morgan fingerprint density at radius 2 is 2.23 bits per heavy atom. The van der Waals surface area contributed by atoms with E-state index in [0.29, 0.717) is 33.3 Å². The topological polar surface area (TPSA) is 106 Å². The lowest BCUT2D eigenvalue weighted by atomic mass is 10.2. The number of ether oxygens (including phenoxy) is 1. The van der Waals surface area contributed by atoms with Gasteiger partial charge >= 0.3 is 0 Å². The Bertz CT molecular complexity index is 911. The van der Waals surface area contributed by atoms with Crippen molar-refractivity contribution in [2.24, 2.45) is 0 Å². The molecular weight excluding hydrogens is 378 g/mol. The van der Waals surface area contributed by atoms with Crippen LogP contribution in [0.15, 0.2) is 33.9 Å². The number of H-pyrrole nitrogens is 1. The normalized spacial score (nSPS) is 10.7. The molecule has 3 rings (SSSR count). The van der Waals surface area contributed by atoms with E-state index in [1.807, 2.05) is 13.0 Å². The van der Waals surface area contributed by atoms with Crippen molar-refractivity contribution in [2.45, 2.75) is 25.6 Å². The molecular formula is C16H16ClN5O3S. The molecule has 0 aliphatic carbocycles. The predicted octanol–water partition coefficient (Wildman–Crippen LogP) is 3.37. The monoisotopic (exact) mass is 393 g/mol. The number of hydrogen-bond acceptors (Lipinski definition) is 7. The molecule has 136 valence electrons. The van der Waals surface area contributed by atoms with E-state index < -0.39 is 0 Å². The second kappa shape index (κ2) is 8.24. The number of rotatable bonds is 7.